The van der Waals surface area contributed by atoms with E-state index in [2.05, 4.69) is 15.9 Å². The zero-order chi connectivity index (χ0) is 17.3. The molecule has 1 aliphatic rings. The Morgan fingerprint density at radius 3 is 2.79 bits per heavy atom. The molecule has 24 heavy (non-hydrogen) atoms. The Morgan fingerprint density at radius 1 is 1.33 bits per heavy atom. The molecule has 3 rings (SSSR count). The molecular weight excluding hydrogens is 413 g/mol. The van der Waals surface area contributed by atoms with Crippen molar-refractivity contribution in [3.05, 3.63) is 69.3 Å². The average Bonchev–Trinajstić information content (AvgIpc) is 2.53. The summed E-state index contributed by atoms with van der Waals surface area (Å²) in [6, 6.07) is 12.4. The van der Waals surface area contributed by atoms with Gasteiger partial charge in [-0.05, 0) is 24.3 Å². The predicted molar refractivity (Wildman–Crippen MR) is 101 cm³/mol. The zero-order valence-corrected chi connectivity index (χ0v) is 15.4. The maximum atomic E-state index is 14.2. The van der Waals surface area contributed by atoms with Crippen LogP contribution in [0.15, 0.2) is 62.8 Å². The molecule has 0 bridgehead atoms. The van der Waals surface area contributed by atoms with Crippen molar-refractivity contribution in [3.63, 3.8) is 0 Å². The Hall–Kier alpha value is -1.70. The molecule has 0 aliphatic carbocycles. The minimum Gasteiger partial charge on any atom is -0.478 e. The van der Waals surface area contributed by atoms with Crippen LogP contribution in [0, 0.1) is 5.82 Å². The number of fused-ring (bicyclic) bond motifs is 1. The molecule has 7 heteroatoms. The van der Waals surface area contributed by atoms with Gasteiger partial charge >= 0.3 is 5.97 Å². The molecule has 0 unspecified atom stereocenters. The minimum atomic E-state index is -1.06. The lowest BCUT2D eigenvalue weighted by Crippen LogP contribution is -2.33. The summed E-state index contributed by atoms with van der Waals surface area (Å²) in [7, 11) is 0. The fourth-order valence-corrected chi connectivity index (χ4v) is 4.06. The first-order valence-corrected chi connectivity index (χ1v) is 8.95. The van der Waals surface area contributed by atoms with Crippen molar-refractivity contribution in [1.29, 1.82) is 0 Å². The molecular formula is C17H11BrFNO2S2. The predicted octanol–water partition coefficient (Wildman–Crippen LogP) is 5.00. The highest BCUT2D eigenvalue weighted by atomic mass is 79.9. The van der Waals surface area contributed by atoms with Gasteiger partial charge in [-0.25, -0.2) is 9.18 Å². The molecule has 122 valence electrons. The van der Waals surface area contributed by atoms with Crippen molar-refractivity contribution in [2.24, 2.45) is 0 Å². The van der Waals surface area contributed by atoms with Crippen molar-refractivity contribution in [1.82, 2.24) is 0 Å². The molecule has 0 saturated carbocycles. The maximum Gasteiger partial charge on any atom is 0.329 e. The van der Waals surface area contributed by atoms with Crippen molar-refractivity contribution >= 4 is 56.6 Å². The molecule has 0 aromatic heterocycles. The van der Waals surface area contributed by atoms with Gasteiger partial charge in [0, 0.05) is 21.0 Å². The Bertz CT molecular complexity index is 869. The fraction of sp³-hybridized carbons (Fsp3) is 0.0588. The lowest BCUT2D eigenvalue weighted by molar-refractivity contribution is -0.131. The topological polar surface area (TPSA) is 40.5 Å². The first-order chi connectivity index (χ1) is 11.5. The first-order valence-electron chi connectivity index (χ1n) is 6.93. The number of hydrogen-bond donors (Lipinski definition) is 1. The number of halogens is 2. The number of carboxylic acids is 1. The Kier molecular flexibility index (Phi) is 5.03. The number of anilines is 1. The summed E-state index contributed by atoms with van der Waals surface area (Å²) < 4.78 is 14.9. The molecule has 0 saturated heterocycles. The highest BCUT2D eigenvalue weighted by Crippen LogP contribution is 2.42. The molecule has 1 heterocycles. The van der Waals surface area contributed by atoms with Crippen LogP contribution in [0.5, 0.6) is 0 Å². The monoisotopic (exact) mass is 423 g/mol. The number of para-hydroxylation sites is 1. The average molecular weight is 424 g/mol. The number of aliphatic carboxylic acids is 1. The van der Waals surface area contributed by atoms with Crippen LogP contribution in [-0.4, -0.2) is 16.1 Å². The lowest BCUT2D eigenvalue weighted by atomic mass is 10.1. The second kappa shape index (κ2) is 7.04. The standard InChI is InChI=1S/C17H11BrFNO2S2/c18-11-6-5-10(12(19)7-11)9-20-13-3-1-2-4-14(13)24-15(17(20)23)8-16(21)22/h1-8H,9H2,(H,21,22)/b15-8-. The third-order valence-electron chi connectivity index (χ3n) is 3.43. The van der Waals surface area contributed by atoms with Gasteiger partial charge in [0.25, 0.3) is 0 Å². The van der Waals surface area contributed by atoms with Crippen molar-refractivity contribution in [3.8, 4) is 0 Å². The van der Waals surface area contributed by atoms with Crippen LogP contribution in [0.1, 0.15) is 5.56 Å². The first kappa shape index (κ1) is 17.1. The number of carboxylic acid groups (broad SMARTS) is 1. The van der Waals surface area contributed by atoms with E-state index in [1.807, 2.05) is 24.3 Å². The van der Waals surface area contributed by atoms with E-state index in [9.17, 15) is 9.18 Å². The number of nitrogens with zero attached hydrogens (tertiary/aromatic N) is 1. The summed E-state index contributed by atoms with van der Waals surface area (Å²) >= 11 is 10.0. The quantitative estimate of drug-likeness (QED) is 0.555. The van der Waals surface area contributed by atoms with Crippen LogP contribution >= 0.6 is 39.9 Å². The molecule has 2 aromatic rings. The summed E-state index contributed by atoms with van der Waals surface area (Å²) in [6.45, 7) is 0.229. The van der Waals surface area contributed by atoms with Gasteiger partial charge in [0.2, 0.25) is 0 Å². The maximum absolute atomic E-state index is 14.2. The number of carbonyl (C=O) groups is 1. The Morgan fingerprint density at radius 2 is 2.08 bits per heavy atom. The zero-order valence-electron chi connectivity index (χ0n) is 12.2. The Balaban J connectivity index is 2.04. The summed E-state index contributed by atoms with van der Waals surface area (Å²) in [5.41, 5.74) is 1.33. The Labute approximate surface area is 156 Å². The van der Waals surface area contributed by atoms with E-state index in [0.717, 1.165) is 16.7 Å². The summed E-state index contributed by atoms with van der Waals surface area (Å²) in [5, 5.41) is 9.05. The van der Waals surface area contributed by atoms with E-state index in [4.69, 9.17) is 17.3 Å². The minimum absolute atomic E-state index is 0.229. The normalized spacial score (nSPS) is 15.5. The fourth-order valence-electron chi connectivity index (χ4n) is 2.35. The molecule has 0 amide bonds. The summed E-state index contributed by atoms with van der Waals surface area (Å²) in [6.07, 6.45) is 1.09. The lowest BCUT2D eigenvalue weighted by Gasteiger charge is -2.32. The van der Waals surface area contributed by atoms with E-state index < -0.39 is 5.97 Å². The van der Waals surface area contributed by atoms with Crippen molar-refractivity contribution < 1.29 is 14.3 Å². The molecule has 2 aromatic carbocycles. The van der Waals surface area contributed by atoms with Crippen LogP contribution in [-0.2, 0) is 11.3 Å². The molecule has 0 radical (unpaired) electrons. The molecule has 1 N–H and O–H groups in total. The SMILES string of the molecule is O=C(O)/C=C1\Sc2ccccc2N(Cc2ccc(Br)cc2F)C1=S. The van der Waals surface area contributed by atoms with Gasteiger partial charge < -0.3 is 10.0 Å². The van der Waals surface area contributed by atoms with E-state index in [1.165, 1.54) is 17.8 Å². The van der Waals surface area contributed by atoms with Crippen LogP contribution in [0.3, 0.4) is 0 Å². The van der Waals surface area contributed by atoms with E-state index >= 15 is 0 Å². The number of thiocarbonyl (C=S) groups is 1. The van der Waals surface area contributed by atoms with Gasteiger partial charge in [-0.2, -0.15) is 0 Å². The van der Waals surface area contributed by atoms with Gasteiger partial charge in [-0.15, -0.1) is 0 Å². The van der Waals surface area contributed by atoms with Gasteiger partial charge in [0.1, 0.15) is 10.8 Å². The van der Waals surface area contributed by atoms with Gasteiger partial charge in [0.05, 0.1) is 17.1 Å². The smallest absolute Gasteiger partial charge is 0.329 e. The number of hydrogen-bond acceptors (Lipinski definition) is 3. The molecule has 0 fully saturated rings. The van der Waals surface area contributed by atoms with Gasteiger partial charge in [-0.3, -0.25) is 0 Å². The third kappa shape index (κ3) is 3.53. The van der Waals surface area contributed by atoms with E-state index in [-0.39, 0.29) is 12.4 Å². The molecule has 3 nitrogen and oxygen atoms in total. The van der Waals surface area contributed by atoms with E-state index in [0.29, 0.717) is 19.9 Å². The van der Waals surface area contributed by atoms with Crippen LogP contribution in [0.25, 0.3) is 0 Å². The number of thioether (sulfide) groups is 1. The second-order valence-electron chi connectivity index (χ2n) is 5.04. The molecule has 0 spiro atoms. The van der Waals surface area contributed by atoms with Gasteiger partial charge in [-0.1, -0.05) is 58.1 Å². The van der Waals surface area contributed by atoms with Crippen LogP contribution < -0.4 is 4.90 Å². The van der Waals surface area contributed by atoms with Crippen molar-refractivity contribution in [2.75, 3.05) is 4.90 Å². The molecule has 0 atom stereocenters. The second-order valence-corrected chi connectivity index (χ2v) is 7.43. The highest BCUT2D eigenvalue weighted by molar-refractivity contribution is 9.10. The number of benzene rings is 2. The summed E-state index contributed by atoms with van der Waals surface area (Å²) in [5.74, 6) is -1.40. The van der Waals surface area contributed by atoms with Crippen LogP contribution in [0.4, 0.5) is 10.1 Å². The summed E-state index contributed by atoms with van der Waals surface area (Å²) in [4.78, 5) is 14.5. The van der Waals surface area contributed by atoms with Crippen LogP contribution in [0.2, 0.25) is 0 Å². The van der Waals surface area contributed by atoms with Crippen molar-refractivity contribution in [2.45, 2.75) is 11.4 Å². The van der Waals surface area contributed by atoms with E-state index in [1.54, 1.807) is 17.0 Å². The molecule has 1 aliphatic heterocycles. The largest absolute Gasteiger partial charge is 0.478 e. The van der Waals surface area contributed by atoms with Gasteiger partial charge in [0.15, 0.2) is 0 Å². The third-order valence-corrected chi connectivity index (χ3v) is 5.59. The number of rotatable bonds is 3. The highest BCUT2D eigenvalue weighted by Gasteiger charge is 2.27.